The number of alkyl halides is 3. The van der Waals surface area contributed by atoms with Gasteiger partial charge in [-0.15, -0.1) is 0 Å². The normalized spacial score (nSPS) is 17.5. The van der Waals surface area contributed by atoms with Crippen molar-refractivity contribution in [3.8, 4) is 0 Å². The molecule has 2 amide bonds. The van der Waals surface area contributed by atoms with Gasteiger partial charge in [0.2, 0.25) is 5.91 Å². The fourth-order valence-corrected chi connectivity index (χ4v) is 7.32. The summed E-state index contributed by atoms with van der Waals surface area (Å²) in [5.41, 5.74) is -0.420. The number of hydrogen-bond donors (Lipinski definition) is 1. The van der Waals surface area contributed by atoms with Gasteiger partial charge in [-0.25, -0.2) is 0 Å². The standard InChI is InChI=1S/C37H34ClF3N2O4S/c38-27-13-9-24(10-14-27)19-28(42-36(46)34-21-32(44)31-20-29(48-37(39,40)41)15-16-33(31)47-34)18-23-7-11-25(12-8-23)30-5-2-1-4-26(30)22-43-17-3-6-35(43)45/h1-2,4-5,9-10,13-16,18,20-21,25,28H,3,6-8,11-12,17,19,22H2,(H,42,46)/t25?,28-/m0/s1. The van der Waals surface area contributed by atoms with Crippen LogP contribution < -0.4 is 10.7 Å². The SMILES string of the molecule is O=C(N[C@@H](C=C1CCC(c2ccccc2CN2CCCC2=O)CC1)Cc1ccc(Cl)cc1)c1cc(=O)c2cc(SC(F)(F)F)ccc2o1. The van der Waals surface area contributed by atoms with Crippen LogP contribution in [0.3, 0.4) is 0 Å². The minimum atomic E-state index is -4.50. The summed E-state index contributed by atoms with van der Waals surface area (Å²) in [6.45, 7) is 1.44. The highest BCUT2D eigenvalue weighted by atomic mass is 35.5. The number of carbonyl (C=O) groups is 2. The smallest absolute Gasteiger partial charge is 0.446 e. The lowest BCUT2D eigenvalue weighted by atomic mass is 9.79. The summed E-state index contributed by atoms with van der Waals surface area (Å²) >= 11 is 5.78. The Balaban J connectivity index is 1.19. The molecule has 1 saturated carbocycles. The number of benzene rings is 3. The van der Waals surface area contributed by atoms with Crippen molar-refractivity contribution in [1.82, 2.24) is 10.2 Å². The minimum absolute atomic E-state index is 0.0273. The van der Waals surface area contributed by atoms with Gasteiger partial charge in [0.1, 0.15) is 5.58 Å². The Labute approximate surface area is 285 Å². The van der Waals surface area contributed by atoms with Crippen LogP contribution in [-0.4, -0.2) is 34.8 Å². The van der Waals surface area contributed by atoms with Crippen molar-refractivity contribution in [2.45, 2.75) is 73.9 Å². The number of amides is 2. The number of halogens is 4. The molecule has 11 heteroatoms. The highest BCUT2D eigenvalue weighted by Gasteiger charge is 2.30. The fourth-order valence-electron chi connectivity index (χ4n) is 6.61. The van der Waals surface area contributed by atoms with Gasteiger partial charge in [0.15, 0.2) is 11.2 Å². The van der Waals surface area contributed by atoms with Crippen LogP contribution in [0, 0.1) is 0 Å². The zero-order valence-corrected chi connectivity index (χ0v) is 27.6. The van der Waals surface area contributed by atoms with E-state index in [1.165, 1.54) is 28.8 Å². The zero-order chi connectivity index (χ0) is 33.8. The maximum atomic E-state index is 13.5. The number of allylic oxidation sites excluding steroid dienone is 1. The van der Waals surface area contributed by atoms with Gasteiger partial charge in [0, 0.05) is 35.5 Å². The zero-order valence-electron chi connectivity index (χ0n) is 26.0. The predicted molar refractivity (Wildman–Crippen MR) is 181 cm³/mol. The van der Waals surface area contributed by atoms with E-state index in [9.17, 15) is 27.6 Å². The summed E-state index contributed by atoms with van der Waals surface area (Å²) in [6.07, 6.45) is 7.64. The first kappa shape index (κ1) is 33.9. The van der Waals surface area contributed by atoms with E-state index < -0.39 is 22.9 Å². The van der Waals surface area contributed by atoms with Gasteiger partial charge >= 0.3 is 5.51 Å². The first-order chi connectivity index (χ1) is 23.0. The maximum Gasteiger partial charge on any atom is 0.446 e. The van der Waals surface area contributed by atoms with E-state index >= 15 is 0 Å². The number of carbonyl (C=O) groups excluding carboxylic acids is 2. The molecule has 2 heterocycles. The summed E-state index contributed by atoms with van der Waals surface area (Å²) in [5.74, 6) is -0.246. The Morgan fingerprint density at radius 3 is 2.48 bits per heavy atom. The van der Waals surface area contributed by atoms with Gasteiger partial charge in [-0.2, -0.15) is 13.2 Å². The van der Waals surface area contributed by atoms with E-state index in [4.69, 9.17) is 16.0 Å². The van der Waals surface area contributed by atoms with Crippen molar-refractivity contribution in [1.29, 1.82) is 0 Å². The number of fused-ring (bicyclic) bond motifs is 1. The largest absolute Gasteiger partial charge is 0.451 e. The summed E-state index contributed by atoms with van der Waals surface area (Å²) < 4.78 is 44.3. The highest BCUT2D eigenvalue weighted by molar-refractivity contribution is 8.00. The average molecular weight is 695 g/mol. The Morgan fingerprint density at radius 1 is 1.02 bits per heavy atom. The van der Waals surface area contributed by atoms with Crippen molar-refractivity contribution in [2.75, 3.05) is 6.54 Å². The highest BCUT2D eigenvalue weighted by Crippen LogP contribution is 2.39. The van der Waals surface area contributed by atoms with Crippen LogP contribution in [0.4, 0.5) is 13.2 Å². The first-order valence-electron chi connectivity index (χ1n) is 15.9. The summed E-state index contributed by atoms with van der Waals surface area (Å²) in [5, 5.41) is 3.56. The molecule has 3 aromatic carbocycles. The van der Waals surface area contributed by atoms with Gasteiger partial charge in [0.25, 0.3) is 5.91 Å². The molecule has 6 nitrogen and oxygen atoms in total. The quantitative estimate of drug-likeness (QED) is 0.140. The molecule has 4 aromatic rings. The van der Waals surface area contributed by atoms with Crippen molar-refractivity contribution in [3.05, 3.63) is 122 Å². The van der Waals surface area contributed by atoms with Gasteiger partial charge < -0.3 is 14.6 Å². The van der Waals surface area contributed by atoms with Crippen LogP contribution in [0.15, 0.2) is 98.6 Å². The number of hydrogen-bond acceptors (Lipinski definition) is 5. The molecule has 2 aliphatic rings. The molecule has 0 spiro atoms. The Hall–Kier alpha value is -4.02. The summed E-state index contributed by atoms with van der Waals surface area (Å²) in [7, 11) is 0. The van der Waals surface area contributed by atoms with Gasteiger partial charge in [-0.3, -0.25) is 14.4 Å². The van der Waals surface area contributed by atoms with Crippen molar-refractivity contribution < 1.29 is 27.2 Å². The number of likely N-dealkylation sites (tertiary alicyclic amines) is 1. The van der Waals surface area contributed by atoms with Crippen molar-refractivity contribution in [3.63, 3.8) is 0 Å². The van der Waals surface area contributed by atoms with Gasteiger partial charge in [-0.1, -0.05) is 59.6 Å². The molecule has 0 radical (unpaired) electrons. The summed E-state index contributed by atoms with van der Waals surface area (Å²) in [6, 6.07) is 19.9. The second kappa shape index (κ2) is 14.6. The number of nitrogens with zero attached hydrogens (tertiary/aromatic N) is 1. The van der Waals surface area contributed by atoms with Gasteiger partial charge in [0.05, 0.1) is 11.4 Å². The second-order valence-electron chi connectivity index (χ2n) is 12.3. The monoisotopic (exact) mass is 694 g/mol. The Morgan fingerprint density at radius 2 is 1.77 bits per heavy atom. The number of thioether (sulfide) groups is 1. The molecule has 2 fully saturated rings. The van der Waals surface area contributed by atoms with Gasteiger partial charge in [-0.05, 0) is 103 Å². The van der Waals surface area contributed by atoms with Crippen LogP contribution in [-0.2, 0) is 17.8 Å². The molecule has 0 unspecified atom stereocenters. The molecule has 1 aliphatic carbocycles. The fraction of sp³-hybridized carbons (Fsp3) is 0.324. The minimum Gasteiger partial charge on any atom is -0.451 e. The lowest BCUT2D eigenvalue weighted by Gasteiger charge is -2.28. The lowest BCUT2D eigenvalue weighted by molar-refractivity contribution is -0.128. The van der Waals surface area contributed by atoms with Crippen LogP contribution in [0.5, 0.6) is 0 Å². The average Bonchev–Trinajstić information content (AvgIpc) is 3.46. The molecule has 1 N–H and O–H groups in total. The maximum absolute atomic E-state index is 13.5. The second-order valence-corrected chi connectivity index (χ2v) is 13.9. The Kier molecular flexibility index (Phi) is 10.3. The number of nitrogens with one attached hydrogen (secondary N) is 1. The predicted octanol–water partition coefficient (Wildman–Crippen LogP) is 8.81. The Bertz CT molecular complexity index is 1900. The van der Waals surface area contributed by atoms with Crippen LogP contribution >= 0.6 is 23.4 Å². The van der Waals surface area contributed by atoms with Crippen LogP contribution in [0.2, 0.25) is 5.02 Å². The van der Waals surface area contributed by atoms with E-state index in [0.29, 0.717) is 30.3 Å². The third kappa shape index (κ3) is 8.52. The third-order valence-electron chi connectivity index (χ3n) is 8.93. The van der Waals surface area contributed by atoms with E-state index in [0.717, 1.165) is 56.3 Å². The van der Waals surface area contributed by atoms with Crippen molar-refractivity contribution in [2.24, 2.45) is 0 Å². The molecule has 1 saturated heterocycles. The molecular weight excluding hydrogens is 661 g/mol. The molecule has 250 valence electrons. The summed E-state index contributed by atoms with van der Waals surface area (Å²) in [4.78, 5) is 40.4. The van der Waals surface area contributed by atoms with E-state index in [1.807, 2.05) is 23.1 Å². The van der Waals surface area contributed by atoms with Crippen LogP contribution in [0.1, 0.15) is 71.7 Å². The lowest BCUT2D eigenvalue weighted by Crippen LogP contribution is -2.36. The molecule has 1 aromatic heterocycles. The molecular formula is C37H34ClF3N2O4S. The van der Waals surface area contributed by atoms with E-state index in [1.54, 1.807) is 12.1 Å². The topological polar surface area (TPSA) is 79.6 Å². The molecule has 1 aliphatic heterocycles. The van der Waals surface area contributed by atoms with E-state index in [-0.39, 0.29) is 39.3 Å². The van der Waals surface area contributed by atoms with Crippen LogP contribution in [0.25, 0.3) is 11.0 Å². The van der Waals surface area contributed by atoms with Crippen molar-refractivity contribution >= 4 is 46.1 Å². The third-order valence-corrected chi connectivity index (χ3v) is 9.91. The molecule has 0 bridgehead atoms. The molecule has 1 atom stereocenters. The molecule has 6 rings (SSSR count). The first-order valence-corrected chi connectivity index (χ1v) is 17.1. The van der Waals surface area contributed by atoms with E-state index in [2.05, 4.69) is 29.6 Å². The number of rotatable bonds is 9. The molecule has 48 heavy (non-hydrogen) atoms.